The summed E-state index contributed by atoms with van der Waals surface area (Å²) < 4.78 is 0. The molecule has 1 heterocycles. The van der Waals surface area contributed by atoms with Crippen molar-refractivity contribution in [3.8, 4) is 0 Å². The summed E-state index contributed by atoms with van der Waals surface area (Å²) in [5.41, 5.74) is 0.778. The van der Waals surface area contributed by atoms with Gasteiger partial charge in [0, 0.05) is 10.7 Å². The van der Waals surface area contributed by atoms with Crippen molar-refractivity contribution < 1.29 is 19.2 Å². The fourth-order valence-electron chi connectivity index (χ4n) is 2.04. The number of nitrogens with one attached hydrogen (secondary N) is 1. The Labute approximate surface area is 130 Å². The van der Waals surface area contributed by atoms with Gasteiger partial charge in [0.1, 0.15) is 0 Å². The number of rotatable bonds is 2. The standard InChI is InChI=1S/C15H9ClN2O4/c16-9-4-3-5-10(8-9)17-15(21)22-18-13(19)11-6-1-2-7-12(11)14(18)20/h1-8H,(H,17,21). The molecule has 1 N–H and O–H groups in total. The van der Waals surface area contributed by atoms with Crippen molar-refractivity contribution in [1.29, 1.82) is 0 Å². The number of carbonyl (C=O) groups excluding carboxylic acids is 3. The molecule has 0 spiro atoms. The van der Waals surface area contributed by atoms with Gasteiger partial charge in [-0.2, -0.15) is 0 Å². The Morgan fingerprint density at radius 2 is 1.64 bits per heavy atom. The summed E-state index contributed by atoms with van der Waals surface area (Å²) in [5.74, 6) is -1.36. The molecule has 3 rings (SSSR count). The molecule has 2 aromatic rings. The maximum absolute atomic E-state index is 12.0. The largest absolute Gasteiger partial charge is 0.436 e. The van der Waals surface area contributed by atoms with Crippen LogP contribution in [0.5, 0.6) is 0 Å². The number of hydroxylamine groups is 2. The van der Waals surface area contributed by atoms with E-state index in [1.807, 2.05) is 0 Å². The molecular formula is C15H9ClN2O4. The van der Waals surface area contributed by atoms with Gasteiger partial charge in [0.2, 0.25) is 0 Å². The monoisotopic (exact) mass is 316 g/mol. The van der Waals surface area contributed by atoms with Crippen molar-refractivity contribution in [2.24, 2.45) is 0 Å². The minimum atomic E-state index is -0.961. The predicted molar refractivity (Wildman–Crippen MR) is 78.5 cm³/mol. The smallest absolute Gasteiger partial charge is 0.310 e. The van der Waals surface area contributed by atoms with Crippen molar-refractivity contribution in [2.75, 3.05) is 5.32 Å². The molecule has 0 unspecified atom stereocenters. The van der Waals surface area contributed by atoms with Crippen LogP contribution in [0.15, 0.2) is 48.5 Å². The maximum atomic E-state index is 12.0. The molecule has 110 valence electrons. The third-order valence-corrected chi connectivity index (χ3v) is 3.24. The zero-order chi connectivity index (χ0) is 15.7. The molecule has 0 saturated heterocycles. The number of anilines is 1. The lowest BCUT2D eigenvalue weighted by molar-refractivity contribution is -0.0398. The summed E-state index contributed by atoms with van der Waals surface area (Å²) in [5, 5.41) is 3.25. The molecule has 6 nitrogen and oxygen atoms in total. The van der Waals surface area contributed by atoms with Crippen LogP contribution in [0.3, 0.4) is 0 Å². The third kappa shape index (κ3) is 2.51. The van der Waals surface area contributed by atoms with Gasteiger partial charge in [-0.25, -0.2) is 4.79 Å². The first-order chi connectivity index (χ1) is 10.6. The zero-order valence-electron chi connectivity index (χ0n) is 11.1. The Morgan fingerprint density at radius 3 is 2.23 bits per heavy atom. The van der Waals surface area contributed by atoms with Gasteiger partial charge in [0.05, 0.1) is 11.1 Å². The predicted octanol–water partition coefficient (Wildman–Crippen LogP) is 3.10. The van der Waals surface area contributed by atoms with E-state index in [4.69, 9.17) is 16.4 Å². The van der Waals surface area contributed by atoms with Crippen LogP contribution < -0.4 is 5.32 Å². The fourth-order valence-corrected chi connectivity index (χ4v) is 2.23. The van der Waals surface area contributed by atoms with Crippen molar-refractivity contribution >= 4 is 35.2 Å². The van der Waals surface area contributed by atoms with Crippen LogP contribution in [0.25, 0.3) is 0 Å². The van der Waals surface area contributed by atoms with E-state index in [2.05, 4.69) is 5.32 Å². The number of imide groups is 1. The first-order valence-corrected chi connectivity index (χ1v) is 6.66. The van der Waals surface area contributed by atoms with Crippen molar-refractivity contribution in [3.63, 3.8) is 0 Å². The number of amides is 3. The highest BCUT2D eigenvalue weighted by atomic mass is 35.5. The van der Waals surface area contributed by atoms with E-state index in [-0.39, 0.29) is 11.1 Å². The summed E-state index contributed by atoms with van der Waals surface area (Å²) in [6.45, 7) is 0. The van der Waals surface area contributed by atoms with Gasteiger partial charge in [-0.1, -0.05) is 34.9 Å². The Morgan fingerprint density at radius 1 is 1.00 bits per heavy atom. The Hall–Kier alpha value is -2.86. The molecule has 22 heavy (non-hydrogen) atoms. The molecule has 1 aliphatic heterocycles. The molecule has 0 fully saturated rings. The molecule has 2 aromatic carbocycles. The minimum absolute atomic E-state index is 0.197. The van der Waals surface area contributed by atoms with Crippen LogP contribution >= 0.6 is 11.6 Å². The average molecular weight is 317 g/mol. The van der Waals surface area contributed by atoms with Gasteiger partial charge >= 0.3 is 6.09 Å². The van der Waals surface area contributed by atoms with Crippen molar-refractivity contribution in [1.82, 2.24) is 5.06 Å². The second-order valence-corrected chi connectivity index (χ2v) is 4.90. The Kier molecular flexibility index (Phi) is 3.52. The van der Waals surface area contributed by atoms with E-state index in [0.29, 0.717) is 15.8 Å². The van der Waals surface area contributed by atoms with Crippen molar-refractivity contribution in [3.05, 3.63) is 64.7 Å². The Bertz CT molecular complexity index is 756. The van der Waals surface area contributed by atoms with Crippen LogP contribution in [0.4, 0.5) is 10.5 Å². The summed E-state index contributed by atoms with van der Waals surface area (Å²) in [4.78, 5) is 40.7. The lowest BCUT2D eigenvalue weighted by atomic mass is 10.1. The second kappa shape index (κ2) is 5.50. The van der Waals surface area contributed by atoms with Gasteiger partial charge in [0.15, 0.2) is 0 Å². The molecular weight excluding hydrogens is 308 g/mol. The molecule has 7 heteroatoms. The van der Waals surface area contributed by atoms with E-state index in [9.17, 15) is 14.4 Å². The van der Waals surface area contributed by atoms with Crippen LogP contribution in [0.1, 0.15) is 20.7 Å². The molecule has 0 aromatic heterocycles. The summed E-state index contributed by atoms with van der Waals surface area (Å²) in [7, 11) is 0. The summed E-state index contributed by atoms with van der Waals surface area (Å²) in [6.07, 6.45) is -0.961. The van der Waals surface area contributed by atoms with E-state index >= 15 is 0 Å². The number of hydrogen-bond donors (Lipinski definition) is 1. The normalized spacial score (nSPS) is 13.0. The molecule has 0 bridgehead atoms. The van der Waals surface area contributed by atoms with E-state index in [1.165, 1.54) is 18.2 Å². The zero-order valence-corrected chi connectivity index (χ0v) is 11.8. The molecule has 0 atom stereocenters. The lowest BCUT2D eigenvalue weighted by Crippen LogP contribution is -2.34. The van der Waals surface area contributed by atoms with Crippen LogP contribution in [0, 0.1) is 0 Å². The van der Waals surface area contributed by atoms with E-state index in [0.717, 1.165) is 0 Å². The van der Waals surface area contributed by atoms with Crippen LogP contribution in [0.2, 0.25) is 5.02 Å². The number of benzene rings is 2. The van der Waals surface area contributed by atoms with Gasteiger partial charge < -0.3 is 4.84 Å². The van der Waals surface area contributed by atoms with Gasteiger partial charge in [-0.15, -0.1) is 0 Å². The summed E-state index contributed by atoms with van der Waals surface area (Å²) >= 11 is 5.80. The quantitative estimate of drug-likeness (QED) is 0.864. The fraction of sp³-hybridized carbons (Fsp3) is 0. The topological polar surface area (TPSA) is 75.7 Å². The molecule has 1 aliphatic rings. The molecule has 0 aliphatic carbocycles. The molecule has 3 amide bonds. The number of halogens is 1. The van der Waals surface area contributed by atoms with Gasteiger partial charge in [0.25, 0.3) is 11.8 Å². The third-order valence-electron chi connectivity index (χ3n) is 3.00. The lowest BCUT2D eigenvalue weighted by Gasteiger charge is -2.13. The SMILES string of the molecule is O=C(Nc1cccc(Cl)c1)ON1C(=O)c2ccccc2C1=O. The van der Waals surface area contributed by atoms with Gasteiger partial charge in [-0.05, 0) is 30.3 Å². The number of hydrogen-bond acceptors (Lipinski definition) is 4. The first kappa shape index (κ1) is 14.1. The van der Waals surface area contributed by atoms with Crippen LogP contribution in [-0.2, 0) is 4.84 Å². The summed E-state index contributed by atoms with van der Waals surface area (Å²) in [6, 6.07) is 12.6. The highest BCUT2D eigenvalue weighted by Gasteiger charge is 2.38. The Balaban J connectivity index is 1.73. The molecule has 0 saturated carbocycles. The van der Waals surface area contributed by atoms with Crippen LogP contribution in [-0.4, -0.2) is 23.0 Å². The molecule has 0 radical (unpaired) electrons. The number of carbonyl (C=O) groups is 3. The van der Waals surface area contributed by atoms with Crippen molar-refractivity contribution in [2.45, 2.75) is 0 Å². The maximum Gasteiger partial charge on any atom is 0.436 e. The first-order valence-electron chi connectivity index (χ1n) is 6.28. The van der Waals surface area contributed by atoms with E-state index in [1.54, 1.807) is 30.3 Å². The number of nitrogens with zero attached hydrogens (tertiary/aromatic N) is 1. The number of fused-ring (bicyclic) bond motifs is 1. The average Bonchev–Trinajstić information content (AvgIpc) is 2.73. The second-order valence-electron chi connectivity index (χ2n) is 4.46. The van der Waals surface area contributed by atoms with Gasteiger partial charge in [-0.3, -0.25) is 14.9 Å². The highest BCUT2D eigenvalue weighted by Crippen LogP contribution is 2.23. The minimum Gasteiger partial charge on any atom is -0.310 e. The van der Waals surface area contributed by atoms with E-state index < -0.39 is 17.9 Å². The highest BCUT2D eigenvalue weighted by molar-refractivity contribution is 6.30.